The molecule has 0 bridgehead atoms. The van der Waals surface area contributed by atoms with Gasteiger partial charge in [0.25, 0.3) is 0 Å². The lowest BCUT2D eigenvalue weighted by Crippen LogP contribution is -2.06. The second kappa shape index (κ2) is 4.40. The lowest BCUT2D eigenvalue weighted by Gasteiger charge is -2.16. The Labute approximate surface area is 98.4 Å². The van der Waals surface area contributed by atoms with Crippen LogP contribution in [-0.2, 0) is 4.74 Å². The van der Waals surface area contributed by atoms with E-state index in [1.165, 1.54) is 0 Å². The molecule has 2 atom stereocenters. The Kier molecular flexibility index (Phi) is 3.16. The Morgan fingerprint density at radius 3 is 2.60 bits per heavy atom. The summed E-state index contributed by atoms with van der Waals surface area (Å²) in [5.74, 6) is -0.151. The highest BCUT2D eigenvalue weighted by Crippen LogP contribution is 2.40. The van der Waals surface area contributed by atoms with E-state index in [1.54, 1.807) is 18.2 Å². The summed E-state index contributed by atoms with van der Waals surface area (Å²) in [6, 6.07) is 7.53. The van der Waals surface area contributed by atoms with Crippen molar-refractivity contribution in [2.45, 2.75) is 12.5 Å². The van der Waals surface area contributed by atoms with Crippen LogP contribution in [0.25, 0.3) is 0 Å². The van der Waals surface area contributed by atoms with E-state index in [-0.39, 0.29) is 12.0 Å². The summed E-state index contributed by atoms with van der Waals surface area (Å²) in [7, 11) is 0. The number of nitriles is 1. The van der Waals surface area contributed by atoms with Crippen molar-refractivity contribution >= 4 is 23.2 Å². The van der Waals surface area contributed by atoms with Gasteiger partial charge in [0.2, 0.25) is 0 Å². The standard InChI is InChI=1S/C11H9Cl2NO/c12-8-2-1-3-9(13)10(8)11-7(6-14)4-5-15-11/h1-3,7,11H,4-5H2. The molecule has 0 aromatic heterocycles. The molecule has 2 unspecified atom stereocenters. The summed E-state index contributed by atoms with van der Waals surface area (Å²) in [5, 5.41) is 10.1. The molecule has 1 aromatic carbocycles. The highest BCUT2D eigenvalue weighted by Gasteiger charge is 2.32. The molecule has 78 valence electrons. The van der Waals surface area contributed by atoms with Gasteiger partial charge in [0.15, 0.2) is 0 Å². The normalized spacial score (nSPS) is 25.1. The highest BCUT2D eigenvalue weighted by molar-refractivity contribution is 6.36. The lowest BCUT2D eigenvalue weighted by molar-refractivity contribution is 0.101. The van der Waals surface area contributed by atoms with Crippen LogP contribution in [-0.4, -0.2) is 6.61 Å². The van der Waals surface area contributed by atoms with Crippen LogP contribution in [0.3, 0.4) is 0 Å². The molecule has 0 saturated carbocycles. The van der Waals surface area contributed by atoms with Crippen molar-refractivity contribution in [1.29, 1.82) is 5.26 Å². The Hall–Kier alpha value is -0.750. The third-order valence-electron chi connectivity index (χ3n) is 2.54. The van der Waals surface area contributed by atoms with Crippen molar-refractivity contribution in [3.8, 4) is 6.07 Å². The average molecular weight is 242 g/mol. The number of rotatable bonds is 1. The summed E-state index contributed by atoms with van der Waals surface area (Å²) >= 11 is 12.1. The molecule has 1 saturated heterocycles. The fourth-order valence-corrected chi connectivity index (χ4v) is 2.40. The van der Waals surface area contributed by atoms with Crippen molar-refractivity contribution in [2.75, 3.05) is 6.61 Å². The molecule has 1 aliphatic heterocycles. The first kappa shape index (κ1) is 10.8. The minimum Gasteiger partial charge on any atom is -0.372 e. The average Bonchev–Trinajstić information content (AvgIpc) is 2.65. The molecule has 0 amide bonds. The Balaban J connectivity index is 2.41. The Bertz CT molecular complexity index is 393. The van der Waals surface area contributed by atoms with E-state index < -0.39 is 0 Å². The molecular formula is C11H9Cl2NO. The number of ether oxygens (including phenoxy) is 1. The van der Waals surface area contributed by atoms with Crippen molar-refractivity contribution in [3.63, 3.8) is 0 Å². The van der Waals surface area contributed by atoms with Crippen LogP contribution in [0, 0.1) is 17.2 Å². The van der Waals surface area contributed by atoms with Crippen LogP contribution in [0.5, 0.6) is 0 Å². The van der Waals surface area contributed by atoms with Crippen LogP contribution in [0.1, 0.15) is 18.1 Å². The van der Waals surface area contributed by atoms with Gasteiger partial charge in [-0.25, -0.2) is 0 Å². The zero-order valence-corrected chi connectivity index (χ0v) is 9.42. The largest absolute Gasteiger partial charge is 0.372 e. The van der Waals surface area contributed by atoms with Crippen LogP contribution in [0.15, 0.2) is 18.2 Å². The van der Waals surface area contributed by atoms with Crippen molar-refractivity contribution in [2.24, 2.45) is 5.92 Å². The molecule has 15 heavy (non-hydrogen) atoms. The van der Waals surface area contributed by atoms with Gasteiger partial charge in [-0.05, 0) is 18.6 Å². The van der Waals surface area contributed by atoms with Gasteiger partial charge in [0.05, 0.1) is 12.0 Å². The summed E-state index contributed by atoms with van der Waals surface area (Å²) in [6.45, 7) is 0.588. The fraction of sp³-hybridized carbons (Fsp3) is 0.364. The smallest absolute Gasteiger partial charge is 0.101 e. The van der Waals surface area contributed by atoms with E-state index >= 15 is 0 Å². The quantitative estimate of drug-likeness (QED) is 0.753. The van der Waals surface area contributed by atoms with E-state index in [9.17, 15) is 0 Å². The zero-order chi connectivity index (χ0) is 10.8. The molecular weight excluding hydrogens is 233 g/mol. The molecule has 2 nitrogen and oxygen atoms in total. The first-order chi connectivity index (χ1) is 7.24. The Morgan fingerprint density at radius 2 is 2.00 bits per heavy atom. The van der Waals surface area contributed by atoms with Gasteiger partial charge in [-0.15, -0.1) is 0 Å². The number of benzene rings is 1. The first-order valence-corrected chi connectivity index (χ1v) is 5.44. The van der Waals surface area contributed by atoms with E-state index in [0.717, 1.165) is 12.0 Å². The number of halogens is 2. The van der Waals surface area contributed by atoms with Crippen molar-refractivity contribution < 1.29 is 4.74 Å². The Morgan fingerprint density at radius 1 is 1.33 bits per heavy atom. The van der Waals surface area contributed by atoms with Gasteiger partial charge in [-0.1, -0.05) is 29.3 Å². The van der Waals surface area contributed by atoms with Gasteiger partial charge in [-0.3, -0.25) is 0 Å². The fourth-order valence-electron chi connectivity index (χ4n) is 1.79. The maximum absolute atomic E-state index is 8.96. The molecule has 0 radical (unpaired) electrons. The summed E-state index contributed by atoms with van der Waals surface area (Å²) < 4.78 is 5.51. The van der Waals surface area contributed by atoms with Crippen LogP contribution < -0.4 is 0 Å². The predicted octanol–water partition coefficient (Wildman–Crippen LogP) is 3.59. The molecule has 2 rings (SSSR count). The molecule has 1 aromatic rings. The number of hydrogen-bond acceptors (Lipinski definition) is 2. The molecule has 4 heteroatoms. The summed E-state index contributed by atoms with van der Waals surface area (Å²) in [5.41, 5.74) is 0.741. The van der Waals surface area contributed by atoms with Gasteiger partial charge in [-0.2, -0.15) is 5.26 Å². The highest BCUT2D eigenvalue weighted by atomic mass is 35.5. The van der Waals surface area contributed by atoms with E-state index in [2.05, 4.69) is 6.07 Å². The van der Waals surface area contributed by atoms with Gasteiger partial charge in [0, 0.05) is 22.2 Å². The van der Waals surface area contributed by atoms with E-state index in [0.29, 0.717) is 16.7 Å². The second-order valence-corrected chi connectivity index (χ2v) is 4.27. The third-order valence-corrected chi connectivity index (χ3v) is 3.20. The van der Waals surface area contributed by atoms with Gasteiger partial charge < -0.3 is 4.74 Å². The summed E-state index contributed by atoms with van der Waals surface area (Å²) in [4.78, 5) is 0. The third kappa shape index (κ3) is 1.96. The van der Waals surface area contributed by atoms with Crippen LogP contribution >= 0.6 is 23.2 Å². The van der Waals surface area contributed by atoms with Crippen molar-refractivity contribution in [1.82, 2.24) is 0 Å². The van der Waals surface area contributed by atoms with E-state index in [4.69, 9.17) is 33.2 Å². The lowest BCUT2D eigenvalue weighted by atomic mass is 9.97. The first-order valence-electron chi connectivity index (χ1n) is 4.69. The molecule has 0 spiro atoms. The topological polar surface area (TPSA) is 33.0 Å². The van der Waals surface area contributed by atoms with Gasteiger partial charge >= 0.3 is 0 Å². The van der Waals surface area contributed by atoms with Crippen LogP contribution in [0.2, 0.25) is 10.0 Å². The number of hydrogen-bond donors (Lipinski definition) is 0. The summed E-state index contributed by atoms with van der Waals surface area (Å²) in [6.07, 6.45) is 0.458. The minimum absolute atomic E-state index is 0.151. The second-order valence-electron chi connectivity index (χ2n) is 3.45. The zero-order valence-electron chi connectivity index (χ0n) is 7.91. The van der Waals surface area contributed by atoms with Gasteiger partial charge in [0.1, 0.15) is 6.10 Å². The van der Waals surface area contributed by atoms with Crippen molar-refractivity contribution in [3.05, 3.63) is 33.8 Å². The molecule has 0 aliphatic carbocycles. The maximum Gasteiger partial charge on any atom is 0.101 e. The maximum atomic E-state index is 8.96. The predicted molar refractivity (Wildman–Crippen MR) is 58.9 cm³/mol. The molecule has 0 N–H and O–H groups in total. The van der Waals surface area contributed by atoms with E-state index in [1.807, 2.05) is 0 Å². The molecule has 1 fully saturated rings. The molecule has 1 aliphatic rings. The monoisotopic (exact) mass is 241 g/mol. The minimum atomic E-state index is -0.281. The SMILES string of the molecule is N#CC1CCOC1c1c(Cl)cccc1Cl. The number of nitrogens with zero attached hydrogens (tertiary/aromatic N) is 1. The molecule has 1 heterocycles. The van der Waals surface area contributed by atoms with Crippen LogP contribution in [0.4, 0.5) is 0 Å².